The maximum atomic E-state index is 12.4. The van der Waals surface area contributed by atoms with Crippen molar-refractivity contribution in [3.63, 3.8) is 0 Å². The van der Waals surface area contributed by atoms with E-state index in [0.717, 1.165) is 0 Å². The highest BCUT2D eigenvalue weighted by atomic mass is 16.5. The summed E-state index contributed by atoms with van der Waals surface area (Å²) < 4.78 is 21.1. The molecule has 0 heterocycles. The van der Waals surface area contributed by atoms with Crippen molar-refractivity contribution in [2.24, 2.45) is 5.10 Å². The van der Waals surface area contributed by atoms with Crippen LogP contribution in [0.15, 0.2) is 71.8 Å². The standard InChI is InChI=1S/C26H25N3O7/c1-4-35-20-12-8-19(9-13-20)28-24(30)25(31)29-27-16-17-5-10-21(11-6-17)36-26(32)18-7-14-22(33-2)23(15-18)34-3/h5-16H,4H2,1-3H3,(H,28,30)(H,29,31)/b27-16-. The lowest BCUT2D eigenvalue weighted by molar-refractivity contribution is -0.136. The van der Waals surface area contributed by atoms with Crippen LogP contribution in [0.1, 0.15) is 22.8 Å². The quantitative estimate of drug-likeness (QED) is 0.155. The molecule has 0 bridgehead atoms. The van der Waals surface area contributed by atoms with Gasteiger partial charge in [-0.2, -0.15) is 5.10 Å². The van der Waals surface area contributed by atoms with Gasteiger partial charge in [-0.3, -0.25) is 9.59 Å². The summed E-state index contributed by atoms with van der Waals surface area (Å²) in [6.45, 7) is 2.39. The Hall–Kier alpha value is -4.86. The molecule has 10 nitrogen and oxygen atoms in total. The molecule has 2 N–H and O–H groups in total. The number of nitrogens with zero attached hydrogens (tertiary/aromatic N) is 1. The first-order chi connectivity index (χ1) is 17.4. The molecule has 0 spiro atoms. The molecule has 0 aromatic heterocycles. The summed E-state index contributed by atoms with van der Waals surface area (Å²) in [5, 5.41) is 6.25. The Morgan fingerprint density at radius 3 is 2.14 bits per heavy atom. The van der Waals surface area contributed by atoms with Crippen molar-refractivity contribution in [2.75, 3.05) is 26.1 Å². The molecule has 10 heteroatoms. The Morgan fingerprint density at radius 2 is 1.50 bits per heavy atom. The van der Waals surface area contributed by atoms with Crippen molar-refractivity contribution in [3.05, 3.63) is 77.9 Å². The summed E-state index contributed by atoms with van der Waals surface area (Å²) >= 11 is 0. The first-order valence-corrected chi connectivity index (χ1v) is 10.8. The number of carbonyl (C=O) groups is 3. The minimum absolute atomic E-state index is 0.296. The fourth-order valence-corrected chi connectivity index (χ4v) is 2.96. The summed E-state index contributed by atoms with van der Waals surface area (Å²) in [5.41, 5.74) is 3.50. The van der Waals surface area contributed by atoms with Gasteiger partial charge in [0.25, 0.3) is 0 Å². The lowest BCUT2D eigenvalue weighted by atomic mass is 10.2. The van der Waals surface area contributed by atoms with Crippen LogP contribution in [0.25, 0.3) is 0 Å². The third-order valence-corrected chi connectivity index (χ3v) is 4.72. The number of carbonyl (C=O) groups excluding carboxylic acids is 3. The van der Waals surface area contributed by atoms with E-state index < -0.39 is 17.8 Å². The van der Waals surface area contributed by atoms with Gasteiger partial charge in [-0.1, -0.05) is 0 Å². The third kappa shape index (κ3) is 7.07. The van der Waals surface area contributed by atoms with Crippen molar-refractivity contribution < 1.29 is 33.3 Å². The van der Waals surface area contributed by atoms with Crippen LogP contribution in [0.5, 0.6) is 23.0 Å². The molecule has 3 aromatic rings. The first kappa shape index (κ1) is 25.8. The number of hydrogen-bond donors (Lipinski definition) is 2. The average molecular weight is 492 g/mol. The summed E-state index contributed by atoms with van der Waals surface area (Å²) in [5.74, 6) is -0.485. The molecule has 186 valence electrons. The normalized spacial score (nSPS) is 10.4. The average Bonchev–Trinajstić information content (AvgIpc) is 2.90. The van der Waals surface area contributed by atoms with E-state index in [4.69, 9.17) is 18.9 Å². The predicted octanol–water partition coefficient (Wildman–Crippen LogP) is 3.41. The SMILES string of the molecule is CCOc1ccc(NC(=O)C(=O)N/N=C\c2ccc(OC(=O)c3ccc(OC)c(OC)c3)cc2)cc1. The molecule has 0 aliphatic carbocycles. The number of esters is 1. The molecule has 0 atom stereocenters. The summed E-state index contributed by atoms with van der Waals surface area (Å²) in [6.07, 6.45) is 1.35. The molecular weight excluding hydrogens is 466 g/mol. The van der Waals surface area contributed by atoms with E-state index in [1.807, 2.05) is 6.92 Å². The van der Waals surface area contributed by atoms with Gasteiger partial charge in [0, 0.05) is 5.69 Å². The van der Waals surface area contributed by atoms with Gasteiger partial charge in [0.1, 0.15) is 11.5 Å². The van der Waals surface area contributed by atoms with E-state index >= 15 is 0 Å². The van der Waals surface area contributed by atoms with Crippen LogP contribution in [0.4, 0.5) is 5.69 Å². The Morgan fingerprint density at radius 1 is 0.833 bits per heavy atom. The number of ether oxygens (including phenoxy) is 4. The van der Waals surface area contributed by atoms with Gasteiger partial charge < -0.3 is 24.3 Å². The van der Waals surface area contributed by atoms with Gasteiger partial charge in [-0.15, -0.1) is 0 Å². The Kier molecular flexibility index (Phi) is 8.99. The second-order valence-corrected chi connectivity index (χ2v) is 7.14. The van der Waals surface area contributed by atoms with Crippen LogP contribution in [0.3, 0.4) is 0 Å². The van der Waals surface area contributed by atoms with E-state index in [1.54, 1.807) is 60.7 Å². The van der Waals surface area contributed by atoms with Crippen LogP contribution in [0, 0.1) is 0 Å². The summed E-state index contributed by atoms with van der Waals surface area (Å²) in [7, 11) is 2.98. The van der Waals surface area contributed by atoms with E-state index in [2.05, 4.69) is 15.8 Å². The number of nitrogens with one attached hydrogen (secondary N) is 2. The second kappa shape index (κ2) is 12.6. The molecule has 3 aromatic carbocycles. The maximum Gasteiger partial charge on any atom is 0.343 e. The van der Waals surface area contributed by atoms with E-state index in [9.17, 15) is 14.4 Å². The number of hydrogen-bond acceptors (Lipinski definition) is 8. The van der Waals surface area contributed by atoms with Crippen molar-refractivity contribution >= 4 is 29.7 Å². The van der Waals surface area contributed by atoms with Crippen LogP contribution < -0.4 is 29.7 Å². The lowest BCUT2D eigenvalue weighted by Crippen LogP contribution is -2.32. The van der Waals surface area contributed by atoms with Crippen LogP contribution in [0.2, 0.25) is 0 Å². The maximum absolute atomic E-state index is 12.4. The molecular formula is C26H25N3O7. The van der Waals surface area contributed by atoms with Gasteiger partial charge in [-0.05, 0) is 79.2 Å². The number of benzene rings is 3. The minimum atomic E-state index is -0.930. The Balaban J connectivity index is 1.50. The highest BCUT2D eigenvalue weighted by Gasteiger charge is 2.14. The van der Waals surface area contributed by atoms with Gasteiger partial charge >= 0.3 is 17.8 Å². The van der Waals surface area contributed by atoms with Crippen molar-refractivity contribution in [1.29, 1.82) is 0 Å². The third-order valence-electron chi connectivity index (χ3n) is 4.72. The molecule has 3 rings (SSSR count). The number of amides is 2. The van der Waals surface area contributed by atoms with Gasteiger partial charge in [0.15, 0.2) is 11.5 Å². The zero-order valence-electron chi connectivity index (χ0n) is 19.9. The number of rotatable bonds is 9. The molecule has 0 unspecified atom stereocenters. The van der Waals surface area contributed by atoms with Crippen molar-refractivity contribution in [3.8, 4) is 23.0 Å². The fraction of sp³-hybridized carbons (Fsp3) is 0.154. The van der Waals surface area contributed by atoms with Crippen molar-refractivity contribution in [2.45, 2.75) is 6.92 Å². The Labute approximate surface area is 207 Å². The molecule has 0 saturated heterocycles. The smallest absolute Gasteiger partial charge is 0.343 e. The van der Waals surface area contributed by atoms with Crippen molar-refractivity contribution in [1.82, 2.24) is 5.43 Å². The second-order valence-electron chi connectivity index (χ2n) is 7.14. The first-order valence-electron chi connectivity index (χ1n) is 10.8. The topological polar surface area (TPSA) is 125 Å². The molecule has 0 aliphatic heterocycles. The van der Waals surface area contributed by atoms with E-state index in [1.165, 1.54) is 26.5 Å². The van der Waals surface area contributed by atoms with Gasteiger partial charge in [-0.25, -0.2) is 10.2 Å². The van der Waals surface area contributed by atoms with Crippen LogP contribution >= 0.6 is 0 Å². The summed E-state index contributed by atoms with van der Waals surface area (Å²) in [4.78, 5) is 36.4. The summed E-state index contributed by atoms with van der Waals surface area (Å²) in [6, 6.07) is 17.7. The highest BCUT2D eigenvalue weighted by molar-refractivity contribution is 6.39. The monoisotopic (exact) mass is 491 g/mol. The van der Waals surface area contributed by atoms with Gasteiger partial charge in [0.05, 0.1) is 32.6 Å². The number of methoxy groups -OCH3 is 2. The number of hydrazone groups is 1. The molecule has 0 saturated carbocycles. The largest absolute Gasteiger partial charge is 0.494 e. The zero-order chi connectivity index (χ0) is 25.9. The predicted molar refractivity (Wildman–Crippen MR) is 133 cm³/mol. The van der Waals surface area contributed by atoms with E-state index in [-0.39, 0.29) is 0 Å². The van der Waals surface area contributed by atoms with Gasteiger partial charge in [0.2, 0.25) is 0 Å². The lowest BCUT2D eigenvalue weighted by Gasteiger charge is -2.09. The van der Waals surface area contributed by atoms with E-state index in [0.29, 0.717) is 46.4 Å². The zero-order valence-corrected chi connectivity index (χ0v) is 19.9. The molecule has 0 radical (unpaired) electrons. The minimum Gasteiger partial charge on any atom is -0.494 e. The molecule has 2 amide bonds. The Bertz CT molecular complexity index is 1240. The van der Waals surface area contributed by atoms with Crippen LogP contribution in [-0.4, -0.2) is 44.8 Å². The number of anilines is 1. The fourth-order valence-electron chi connectivity index (χ4n) is 2.96. The molecule has 0 aliphatic rings. The highest BCUT2D eigenvalue weighted by Crippen LogP contribution is 2.28. The molecule has 36 heavy (non-hydrogen) atoms. The van der Waals surface area contributed by atoms with Crippen LogP contribution in [-0.2, 0) is 9.59 Å². The molecule has 0 fully saturated rings.